The van der Waals surface area contributed by atoms with Crippen LogP contribution < -0.4 is 4.74 Å². The van der Waals surface area contributed by atoms with E-state index in [1.54, 1.807) is 5.56 Å². The zero-order valence-corrected chi connectivity index (χ0v) is 14.9. The van der Waals surface area contributed by atoms with Crippen LogP contribution >= 0.6 is 0 Å². The maximum Gasteiger partial charge on any atom is 0.128 e. The van der Waals surface area contributed by atoms with Crippen molar-refractivity contribution in [2.75, 3.05) is 6.61 Å². The molecule has 0 radical (unpaired) electrons. The van der Waals surface area contributed by atoms with Gasteiger partial charge in [0, 0.05) is 16.5 Å². The molecule has 2 aromatic carbocycles. The van der Waals surface area contributed by atoms with E-state index >= 15 is 0 Å². The van der Waals surface area contributed by atoms with E-state index in [2.05, 4.69) is 54.0 Å². The summed E-state index contributed by atoms with van der Waals surface area (Å²) in [5.41, 5.74) is 6.99. The molecular weight excluding hydrogens is 306 g/mol. The van der Waals surface area contributed by atoms with Gasteiger partial charge >= 0.3 is 0 Å². The van der Waals surface area contributed by atoms with Gasteiger partial charge in [-0.2, -0.15) is 0 Å². The van der Waals surface area contributed by atoms with Crippen molar-refractivity contribution in [3.8, 4) is 17.0 Å². The average molecular weight is 331 g/mol. The molecule has 5 rings (SSSR count). The molecule has 0 atom stereocenters. The van der Waals surface area contributed by atoms with E-state index in [4.69, 9.17) is 4.74 Å². The van der Waals surface area contributed by atoms with Crippen molar-refractivity contribution < 1.29 is 4.74 Å². The summed E-state index contributed by atoms with van der Waals surface area (Å²) in [5, 5.41) is 1.46. The second-order valence-corrected chi connectivity index (χ2v) is 7.61. The molecule has 0 spiro atoms. The van der Waals surface area contributed by atoms with Gasteiger partial charge in [-0.25, -0.2) is 0 Å². The highest BCUT2D eigenvalue weighted by molar-refractivity contribution is 5.94. The highest BCUT2D eigenvalue weighted by Gasteiger charge is 2.28. The van der Waals surface area contributed by atoms with Crippen molar-refractivity contribution >= 4 is 10.9 Å². The molecule has 25 heavy (non-hydrogen) atoms. The molecule has 0 unspecified atom stereocenters. The van der Waals surface area contributed by atoms with Crippen LogP contribution in [0.5, 0.6) is 5.75 Å². The third kappa shape index (κ3) is 2.38. The molecular formula is C23H25NO. The van der Waals surface area contributed by atoms with Crippen LogP contribution in [0.25, 0.3) is 22.2 Å². The second-order valence-electron chi connectivity index (χ2n) is 7.61. The summed E-state index contributed by atoms with van der Waals surface area (Å²) < 4.78 is 8.62. The Morgan fingerprint density at radius 1 is 1.00 bits per heavy atom. The SMILES string of the molecule is Cc1ccc2c(C3CCCCC3)c3n(c2c1)CCOc1ccccc1-3. The summed E-state index contributed by atoms with van der Waals surface area (Å²) >= 11 is 0. The summed E-state index contributed by atoms with van der Waals surface area (Å²) in [6.45, 7) is 3.86. The Labute approximate surface area is 149 Å². The molecule has 0 N–H and O–H groups in total. The van der Waals surface area contributed by atoms with E-state index < -0.39 is 0 Å². The molecule has 1 saturated carbocycles. The van der Waals surface area contributed by atoms with E-state index in [1.165, 1.54) is 59.8 Å². The normalized spacial score (nSPS) is 17.6. The van der Waals surface area contributed by atoms with Crippen molar-refractivity contribution in [3.63, 3.8) is 0 Å². The number of aromatic nitrogens is 1. The van der Waals surface area contributed by atoms with Crippen molar-refractivity contribution in [3.05, 3.63) is 53.6 Å². The Hall–Kier alpha value is -2.22. The lowest BCUT2D eigenvalue weighted by atomic mass is 9.81. The van der Waals surface area contributed by atoms with Gasteiger partial charge in [-0.15, -0.1) is 0 Å². The molecule has 0 amide bonds. The Bertz CT molecular complexity index is 931. The number of hydrogen-bond donors (Lipinski definition) is 0. The Kier molecular flexibility index (Phi) is 3.58. The molecule has 2 aliphatic rings. The second kappa shape index (κ2) is 5.94. The molecule has 3 aromatic rings. The monoisotopic (exact) mass is 331 g/mol. The Morgan fingerprint density at radius 2 is 1.84 bits per heavy atom. The Balaban J connectivity index is 1.85. The number of rotatable bonds is 1. The highest BCUT2D eigenvalue weighted by Crippen LogP contribution is 2.46. The fraction of sp³-hybridized carbons (Fsp3) is 0.391. The molecule has 2 heterocycles. The lowest BCUT2D eigenvalue weighted by Crippen LogP contribution is -2.07. The minimum Gasteiger partial charge on any atom is -0.491 e. The van der Waals surface area contributed by atoms with Crippen molar-refractivity contribution in [1.82, 2.24) is 4.57 Å². The van der Waals surface area contributed by atoms with Gasteiger partial charge in [0.2, 0.25) is 0 Å². The number of benzene rings is 2. The quantitative estimate of drug-likeness (QED) is 0.529. The molecule has 1 aliphatic heterocycles. The molecule has 2 nitrogen and oxygen atoms in total. The number of nitrogens with zero attached hydrogens (tertiary/aromatic N) is 1. The first kappa shape index (κ1) is 15.1. The van der Waals surface area contributed by atoms with Crippen LogP contribution in [0.2, 0.25) is 0 Å². The molecule has 1 aliphatic carbocycles. The van der Waals surface area contributed by atoms with Gasteiger partial charge in [-0.05, 0) is 55.0 Å². The van der Waals surface area contributed by atoms with Crippen molar-refractivity contribution in [2.24, 2.45) is 0 Å². The first-order valence-electron chi connectivity index (χ1n) is 9.68. The van der Waals surface area contributed by atoms with Crippen molar-refractivity contribution in [2.45, 2.75) is 51.5 Å². The number of aryl methyl sites for hydroxylation is 1. The number of ether oxygens (including phenoxy) is 1. The number of para-hydroxylation sites is 1. The predicted molar refractivity (Wildman–Crippen MR) is 103 cm³/mol. The van der Waals surface area contributed by atoms with Gasteiger partial charge in [0.25, 0.3) is 0 Å². The Morgan fingerprint density at radius 3 is 2.72 bits per heavy atom. The topological polar surface area (TPSA) is 14.2 Å². The van der Waals surface area contributed by atoms with E-state index in [0.29, 0.717) is 5.92 Å². The highest BCUT2D eigenvalue weighted by atomic mass is 16.5. The van der Waals surface area contributed by atoms with Gasteiger partial charge in [0.1, 0.15) is 12.4 Å². The van der Waals surface area contributed by atoms with E-state index in [9.17, 15) is 0 Å². The molecule has 1 fully saturated rings. The van der Waals surface area contributed by atoms with E-state index in [1.807, 2.05) is 0 Å². The van der Waals surface area contributed by atoms with Crippen LogP contribution in [0.15, 0.2) is 42.5 Å². The summed E-state index contributed by atoms with van der Waals surface area (Å²) in [6, 6.07) is 15.6. The maximum absolute atomic E-state index is 6.09. The molecule has 1 aromatic heterocycles. The minimum atomic E-state index is 0.682. The first-order chi connectivity index (χ1) is 12.3. The van der Waals surface area contributed by atoms with Gasteiger partial charge in [-0.3, -0.25) is 0 Å². The standard InChI is InChI=1S/C23H25NO/c1-16-11-12-18-20(15-16)24-13-14-25-21-10-6-5-9-19(21)23(24)22(18)17-7-3-2-4-8-17/h5-6,9-12,15,17H,2-4,7-8,13-14H2,1H3. The van der Waals surface area contributed by atoms with Gasteiger partial charge in [-0.1, -0.05) is 43.5 Å². The summed E-state index contributed by atoms with van der Waals surface area (Å²) in [6.07, 6.45) is 6.76. The molecule has 128 valence electrons. The number of hydrogen-bond acceptors (Lipinski definition) is 1. The van der Waals surface area contributed by atoms with Crippen LogP contribution in [0.4, 0.5) is 0 Å². The summed E-state index contributed by atoms with van der Waals surface area (Å²) in [7, 11) is 0. The fourth-order valence-electron chi connectivity index (χ4n) is 4.85. The van der Waals surface area contributed by atoms with Gasteiger partial charge in [0.05, 0.1) is 12.2 Å². The van der Waals surface area contributed by atoms with Crippen LogP contribution in [0.3, 0.4) is 0 Å². The van der Waals surface area contributed by atoms with E-state index in [-0.39, 0.29) is 0 Å². The minimum absolute atomic E-state index is 0.682. The largest absolute Gasteiger partial charge is 0.491 e. The summed E-state index contributed by atoms with van der Waals surface area (Å²) in [4.78, 5) is 0. The third-order valence-corrected chi connectivity index (χ3v) is 5.99. The predicted octanol–water partition coefficient (Wildman–Crippen LogP) is 6.06. The zero-order valence-electron chi connectivity index (χ0n) is 14.9. The first-order valence-corrected chi connectivity index (χ1v) is 9.68. The van der Waals surface area contributed by atoms with Crippen LogP contribution in [-0.2, 0) is 6.54 Å². The number of fused-ring (bicyclic) bond motifs is 5. The van der Waals surface area contributed by atoms with Crippen LogP contribution in [0, 0.1) is 6.92 Å². The van der Waals surface area contributed by atoms with Gasteiger partial charge in [0.15, 0.2) is 0 Å². The third-order valence-electron chi connectivity index (χ3n) is 5.99. The van der Waals surface area contributed by atoms with Crippen molar-refractivity contribution in [1.29, 1.82) is 0 Å². The molecule has 0 bridgehead atoms. The lowest BCUT2D eigenvalue weighted by Gasteiger charge is -2.23. The smallest absolute Gasteiger partial charge is 0.128 e. The lowest BCUT2D eigenvalue weighted by molar-refractivity contribution is 0.308. The molecule has 0 saturated heterocycles. The van der Waals surface area contributed by atoms with Gasteiger partial charge < -0.3 is 9.30 Å². The van der Waals surface area contributed by atoms with Crippen LogP contribution in [0.1, 0.15) is 49.1 Å². The van der Waals surface area contributed by atoms with E-state index in [0.717, 1.165) is 18.9 Å². The fourth-order valence-corrected chi connectivity index (χ4v) is 4.85. The molecule has 2 heteroatoms. The average Bonchev–Trinajstić information content (AvgIpc) is 2.84. The maximum atomic E-state index is 6.09. The summed E-state index contributed by atoms with van der Waals surface area (Å²) in [5.74, 6) is 1.72. The van der Waals surface area contributed by atoms with Crippen LogP contribution in [-0.4, -0.2) is 11.2 Å². The zero-order chi connectivity index (χ0) is 16.8.